The van der Waals surface area contributed by atoms with Crippen LogP contribution in [0.5, 0.6) is 0 Å². The standard InChI is InChI=1S/C19H33NO3/c1-12(2)9-15-14-10-13-11-19(14,6-8-23-15)17(18(13,3)4)20-16(22)5-7-21/h12-15,17,21H,5-11H2,1-4H3,(H,20,22)/t13-,14-,15-,17-,19-/m1/s1. The highest BCUT2D eigenvalue weighted by atomic mass is 16.5. The number of amides is 1. The van der Waals surface area contributed by atoms with E-state index in [-0.39, 0.29) is 35.8 Å². The monoisotopic (exact) mass is 323 g/mol. The fourth-order valence-corrected chi connectivity index (χ4v) is 5.94. The van der Waals surface area contributed by atoms with Crippen LogP contribution in [0.3, 0.4) is 0 Å². The number of aliphatic hydroxyl groups excluding tert-OH is 1. The lowest BCUT2D eigenvalue weighted by atomic mass is 9.59. The van der Waals surface area contributed by atoms with Crippen molar-refractivity contribution in [3.63, 3.8) is 0 Å². The normalized spacial score (nSPS) is 41.1. The quantitative estimate of drug-likeness (QED) is 0.818. The van der Waals surface area contributed by atoms with Crippen LogP contribution in [0.15, 0.2) is 0 Å². The molecule has 0 unspecified atom stereocenters. The number of rotatable bonds is 5. The van der Waals surface area contributed by atoms with Gasteiger partial charge in [0.15, 0.2) is 0 Å². The van der Waals surface area contributed by atoms with Crippen LogP contribution in [0, 0.1) is 28.6 Å². The molecule has 5 atom stereocenters. The van der Waals surface area contributed by atoms with E-state index in [0.29, 0.717) is 23.9 Å². The van der Waals surface area contributed by atoms with Crippen molar-refractivity contribution in [1.82, 2.24) is 5.32 Å². The Labute approximate surface area is 140 Å². The Morgan fingerprint density at radius 1 is 1.39 bits per heavy atom. The second-order valence-corrected chi connectivity index (χ2v) is 9.06. The Hall–Kier alpha value is -0.610. The van der Waals surface area contributed by atoms with Gasteiger partial charge in [-0.15, -0.1) is 0 Å². The van der Waals surface area contributed by atoms with Crippen molar-refractivity contribution >= 4 is 5.91 Å². The summed E-state index contributed by atoms with van der Waals surface area (Å²) in [5, 5.41) is 12.4. The molecule has 1 heterocycles. The Kier molecular flexibility index (Phi) is 4.52. The number of nitrogens with one attached hydrogen (secondary N) is 1. The van der Waals surface area contributed by atoms with Gasteiger partial charge in [0, 0.05) is 19.1 Å². The molecule has 2 saturated carbocycles. The van der Waals surface area contributed by atoms with Gasteiger partial charge in [-0.25, -0.2) is 0 Å². The molecule has 0 aromatic carbocycles. The fourth-order valence-electron chi connectivity index (χ4n) is 5.94. The van der Waals surface area contributed by atoms with Crippen LogP contribution in [0.1, 0.15) is 59.8 Å². The van der Waals surface area contributed by atoms with Gasteiger partial charge in [-0.05, 0) is 54.3 Å². The van der Waals surface area contributed by atoms with Crippen LogP contribution < -0.4 is 5.32 Å². The van der Waals surface area contributed by atoms with E-state index in [9.17, 15) is 4.79 Å². The number of ether oxygens (including phenoxy) is 1. The van der Waals surface area contributed by atoms with Crippen molar-refractivity contribution in [2.75, 3.05) is 13.2 Å². The summed E-state index contributed by atoms with van der Waals surface area (Å²) in [6.45, 7) is 9.92. The summed E-state index contributed by atoms with van der Waals surface area (Å²) in [6.07, 6.45) is 5.22. The van der Waals surface area contributed by atoms with Crippen LogP contribution in [-0.2, 0) is 9.53 Å². The lowest BCUT2D eigenvalue weighted by Gasteiger charge is -2.53. The summed E-state index contributed by atoms with van der Waals surface area (Å²) < 4.78 is 6.17. The Bertz CT molecular complexity index is 462. The lowest BCUT2D eigenvalue weighted by molar-refractivity contribution is -0.139. The molecule has 1 spiro atoms. The molecule has 3 fully saturated rings. The number of carbonyl (C=O) groups is 1. The first-order valence-electron chi connectivity index (χ1n) is 9.33. The van der Waals surface area contributed by atoms with Crippen molar-refractivity contribution in [3.05, 3.63) is 0 Å². The van der Waals surface area contributed by atoms with E-state index >= 15 is 0 Å². The third-order valence-electron chi connectivity index (χ3n) is 6.97. The number of fused-ring (bicyclic) bond motifs is 1. The predicted octanol–water partition coefficient (Wildman–Crippen LogP) is 2.74. The van der Waals surface area contributed by atoms with Gasteiger partial charge in [0.25, 0.3) is 0 Å². The zero-order valence-corrected chi connectivity index (χ0v) is 15.1. The minimum atomic E-state index is -0.0715. The molecule has 23 heavy (non-hydrogen) atoms. The van der Waals surface area contributed by atoms with Gasteiger partial charge in [0.05, 0.1) is 12.7 Å². The first-order valence-corrected chi connectivity index (χ1v) is 9.33. The van der Waals surface area contributed by atoms with Crippen molar-refractivity contribution in [3.8, 4) is 0 Å². The molecule has 0 aromatic heterocycles. The van der Waals surface area contributed by atoms with E-state index in [1.807, 2.05) is 0 Å². The van der Waals surface area contributed by atoms with E-state index in [1.54, 1.807) is 0 Å². The van der Waals surface area contributed by atoms with Crippen LogP contribution in [0.25, 0.3) is 0 Å². The Balaban J connectivity index is 1.85. The zero-order chi connectivity index (χ0) is 16.8. The van der Waals surface area contributed by atoms with Gasteiger partial charge in [-0.2, -0.15) is 0 Å². The van der Waals surface area contributed by atoms with E-state index in [2.05, 4.69) is 33.0 Å². The van der Waals surface area contributed by atoms with Crippen molar-refractivity contribution in [2.24, 2.45) is 28.6 Å². The molecule has 4 heteroatoms. The molecule has 2 aliphatic carbocycles. The Morgan fingerprint density at radius 3 is 2.78 bits per heavy atom. The minimum Gasteiger partial charge on any atom is -0.396 e. The maximum Gasteiger partial charge on any atom is 0.222 e. The second-order valence-electron chi connectivity index (χ2n) is 9.06. The smallest absolute Gasteiger partial charge is 0.222 e. The summed E-state index contributed by atoms with van der Waals surface area (Å²) in [7, 11) is 0. The first kappa shape index (κ1) is 17.2. The molecule has 0 radical (unpaired) electrons. The van der Waals surface area contributed by atoms with Crippen LogP contribution in [-0.4, -0.2) is 36.4 Å². The second kappa shape index (κ2) is 6.03. The number of hydrogen-bond acceptors (Lipinski definition) is 3. The summed E-state index contributed by atoms with van der Waals surface area (Å²) >= 11 is 0. The van der Waals surface area contributed by atoms with Crippen molar-refractivity contribution in [2.45, 2.75) is 71.9 Å². The summed E-state index contributed by atoms with van der Waals surface area (Å²) in [5.74, 6) is 1.89. The van der Waals surface area contributed by atoms with Crippen molar-refractivity contribution < 1.29 is 14.6 Å². The summed E-state index contributed by atoms with van der Waals surface area (Å²) in [4.78, 5) is 12.2. The lowest BCUT2D eigenvalue weighted by Crippen LogP contribution is -2.60. The molecule has 3 rings (SSSR count). The van der Waals surface area contributed by atoms with Crippen LogP contribution in [0.4, 0.5) is 0 Å². The van der Waals surface area contributed by atoms with Gasteiger partial charge >= 0.3 is 0 Å². The summed E-state index contributed by atoms with van der Waals surface area (Å²) in [5.41, 5.74) is 0.346. The maximum absolute atomic E-state index is 12.2. The highest BCUT2D eigenvalue weighted by Crippen LogP contribution is 2.68. The molecule has 1 saturated heterocycles. The highest BCUT2D eigenvalue weighted by molar-refractivity contribution is 5.76. The van der Waals surface area contributed by atoms with Gasteiger partial charge in [0.1, 0.15) is 0 Å². The molecule has 3 aliphatic rings. The molecule has 132 valence electrons. The van der Waals surface area contributed by atoms with Crippen LogP contribution >= 0.6 is 0 Å². The van der Waals surface area contributed by atoms with Gasteiger partial charge in [0.2, 0.25) is 5.91 Å². The largest absolute Gasteiger partial charge is 0.396 e. The zero-order valence-electron chi connectivity index (χ0n) is 15.1. The average Bonchev–Trinajstić information content (AvgIpc) is 2.93. The SMILES string of the molecule is CC(C)C[C@H]1OCC[C@@]23C[C@@H](C[C@H]12)C(C)(C)[C@H]3NC(=O)CCO. The topological polar surface area (TPSA) is 58.6 Å². The molecular formula is C19H33NO3. The predicted molar refractivity (Wildman–Crippen MR) is 89.9 cm³/mol. The molecule has 2 N–H and O–H groups in total. The maximum atomic E-state index is 12.2. The molecule has 0 aromatic rings. The number of carbonyl (C=O) groups excluding carboxylic acids is 1. The third kappa shape index (κ3) is 2.72. The average molecular weight is 323 g/mol. The molecular weight excluding hydrogens is 290 g/mol. The highest BCUT2D eigenvalue weighted by Gasteiger charge is 2.68. The number of aliphatic hydroxyl groups is 1. The van der Waals surface area contributed by atoms with Crippen LogP contribution in [0.2, 0.25) is 0 Å². The van der Waals surface area contributed by atoms with E-state index in [4.69, 9.17) is 9.84 Å². The van der Waals surface area contributed by atoms with Gasteiger partial charge < -0.3 is 15.2 Å². The molecule has 2 bridgehead atoms. The Morgan fingerprint density at radius 2 is 2.13 bits per heavy atom. The fraction of sp³-hybridized carbons (Fsp3) is 0.947. The third-order valence-corrected chi connectivity index (χ3v) is 6.97. The van der Waals surface area contributed by atoms with E-state index < -0.39 is 0 Å². The van der Waals surface area contributed by atoms with E-state index in [0.717, 1.165) is 19.4 Å². The molecule has 1 aliphatic heterocycles. The van der Waals surface area contributed by atoms with E-state index in [1.165, 1.54) is 12.8 Å². The summed E-state index contributed by atoms with van der Waals surface area (Å²) in [6, 6.07) is 0.219. The van der Waals surface area contributed by atoms with Crippen molar-refractivity contribution in [1.29, 1.82) is 0 Å². The number of hydrogen-bond donors (Lipinski definition) is 2. The molecule has 4 nitrogen and oxygen atoms in total. The van der Waals surface area contributed by atoms with Gasteiger partial charge in [-0.3, -0.25) is 4.79 Å². The first-order chi connectivity index (χ1) is 10.8. The molecule has 1 amide bonds. The van der Waals surface area contributed by atoms with Gasteiger partial charge in [-0.1, -0.05) is 27.7 Å². The minimum absolute atomic E-state index is 0.00171.